The van der Waals surface area contributed by atoms with Crippen molar-refractivity contribution in [2.45, 2.75) is 38.0 Å². The Morgan fingerprint density at radius 2 is 1.56 bits per heavy atom. The van der Waals surface area contributed by atoms with Gasteiger partial charge in [-0.15, -0.1) is 0 Å². The van der Waals surface area contributed by atoms with E-state index in [9.17, 15) is 0 Å². The second kappa shape index (κ2) is 7.37. The molecule has 168 valence electrons. The van der Waals surface area contributed by atoms with E-state index in [-0.39, 0.29) is 0 Å². The van der Waals surface area contributed by atoms with Gasteiger partial charge in [0, 0.05) is 5.69 Å². The van der Waals surface area contributed by atoms with Gasteiger partial charge in [0.2, 0.25) is 0 Å². The molecular formula is C29H27GeN3O. The number of aromatic nitrogens is 3. The quantitative estimate of drug-likeness (QED) is 0.184. The van der Waals surface area contributed by atoms with Crippen molar-refractivity contribution >= 4 is 61.4 Å². The Hall–Kier alpha value is -3.25. The number of hydrogen-bond donors (Lipinski definition) is 0. The third kappa shape index (κ3) is 3.23. The third-order valence-corrected chi connectivity index (χ3v) is 11.0. The molecule has 0 fully saturated rings. The number of pyridine rings is 1. The number of nitrogens with zero attached hydrogens (tertiary/aromatic N) is 3. The van der Waals surface area contributed by atoms with Gasteiger partial charge in [-0.3, -0.25) is 0 Å². The minimum absolute atomic E-state index is 0.666. The van der Waals surface area contributed by atoms with Crippen LogP contribution in [0.4, 0.5) is 0 Å². The molecule has 6 rings (SSSR count). The first-order chi connectivity index (χ1) is 16.2. The summed E-state index contributed by atoms with van der Waals surface area (Å²) in [7, 11) is 0. The van der Waals surface area contributed by atoms with Crippen LogP contribution in [0.5, 0.6) is 0 Å². The zero-order valence-corrected chi connectivity index (χ0v) is 22.5. The molecule has 0 N–H and O–H groups in total. The summed E-state index contributed by atoms with van der Waals surface area (Å²) in [6, 6.07) is 19.5. The van der Waals surface area contributed by atoms with Gasteiger partial charge in [-0.05, 0) is 13.0 Å². The zero-order chi connectivity index (χ0) is 23.8. The van der Waals surface area contributed by atoms with Gasteiger partial charge in [0.1, 0.15) is 0 Å². The summed E-state index contributed by atoms with van der Waals surface area (Å²) < 4.78 is 7.83. The number of hydrogen-bond acceptors (Lipinski definition) is 4. The van der Waals surface area contributed by atoms with Crippen LogP contribution in [0.15, 0.2) is 59.0 Å². The summed E-state index contributed by atoms with van der Waals surface area (Å²) in [6.07, 6.45) is 0. The first-order valence-corrected chi connectivity index (χ1v) is 19.1. The molecule has 0 saturated carbocycles. The van der Waals surface area contributed by atoms with Gasteiger partial charge in [-0.1, -0.05) is 0 Å². The molecule has 0 saturated heterocycles. The van der Waals surface area contributed by atoms with Crippen molar-refractivity contribution < 1.29 is 4.42 Å². The van der Waals surface area contributed by atoms with Crippen LogP contribution < -0.4 is 4.40 Å². The molecule has 5 heteroatoms. The van der Waals surface area contributed by atoms with E-state index in [0.717, 1.165) is 50.0 Å². The molecule has 0 atom stereocenters. The van der Waals surface area contributed by atoms with E-state index in [1.807, 2.05) is 19.9 Å². The summed E-state index contributed by atoms with van der Waals surface area (Å²) in [5, 5.41) is 5.60. The Morgan fingerprint density at radius 3 is 2.35 bits per heavy atom. The summed E-state index contributed by atoms with van der Waals surface area (Å²) >= 11 is -1.96. The number of para-hydroxylation sites is 1. The van der Waals surface area contributed by atoms with Crippen LogP contribution in [-0.2, 0) is 0 Å². The maximum atomic E-state index is 6.31. The van der Waals surface area contributed by atoms with Gasteiger partial charge in [-0.25, -0.2) is 0 Å². The van der Waals surface area contributed by atoms with E-state index < -0.39 is 13.3 Å². The SMILES string of the molecule is Cc1ccc2c(n1)oc1c(-c3nc(C)nc4c3ccc3c[c]([Ge]([CH3])([CH3])[CH3])cc(C)c34)cccc12. The fraction of sp³-hybridized carbons (Fsp3) is 0.207. The molecule has 0 bridgehead atoms. The van der Waals surface area contributed by atoms with E-state index >= 15 is 0 Å². The van der Waals surface area contributed by atoms with Crippen LogP contribution in [0, 0.1) is 20.8 Å². The Labute approximate surface area is 201 Å². The van der Waals surface area contributed by atoms with Gasteiger partial charge in [0.25, 0.3) is 0 Å². The zero-order valence-electron chi connectivity index (χ0n) is 20.4. The monoisotopic (exact) mass is 507 g/mol. The second-order valence-corrected chi connectivity index (χ2v) is 21.0. The van der Waals surface area contributed by atoms with E-state index in [4.69, 9.17) is 14.4 Å². The van der Waals surface area contributed by atoms with Crippen molar-refractivity contribution in [3.63, 3.8) is 0 Å². The molecule has 0 spiro atoms. The predicted molar refractivity (Wildman–Crippen MR) is 145 cm³/mol. The Kier molecular flexibility index (Phi) is 4.62. The molecule has 0 amide bonds. The number of furan rings is 1. The molecule has 4 nitrogen and oxygen atoms in total. The summed E-state index contributed by atoms with van der Waals surface area (Å²) in [4.78, 5) is 14.5. The maximum absolute atomic E-state index is 6.31. The molecule has 3 aromatic heterocycles. The van der Waals surface area contributed by atoms with Crippen molar-refractivity contribution in [1.82, 2.24) is 15.0 Å². The van der Waals surface area contributed by atoms with Crippen LogP contribution >= 0.6 is 0 Å². The Bertz CT molecular complexity index is 1780. The fourth-order valence-electron chi connectivity index (χ4n) is 4.97. The number of rotatable bonds is 2. The van der Waals surface area contributed by atoms with Crippen molar-refractivity contribution in [1.29, 1.82) is 0 Å². The molecule has 0 radical (unpaired) electrons. The van der Waals surface area contributed by atoms with E-state index in [1.54, 1.807) is 0 Å². The number of fused-ring (bicyclic) bond motifs is 6. The number of aryl methyl sites for hydroxylation is 3. The second-order valence-electron chi connectivity index (χ2n) is 10.3. The van der Waals surface area contributed by atoms with Crippen LogP contribution in [0.3, 0.4) is 0 Å². The summed E-state index contributed by atoms with van der Waals surface area (Å²) in [5.41, 5.74) is 6.60. The van der Waals surface area contributed by atoms with Crippen molar-refractivity contribution in [2.75, 3.05) is 0 Å². The van der Waals surface area contributed by atoms with Gasteiger partial charge >= 0.3 is 183 Å². The summed E-state index contributed by atoms with van der Waals surface area (Å²) in [6.45, 7) is 6.17. The van der Waals surface area contributed by atoms with Crippen molar-refractivity contribution in [3.8, 4) is 11.3 Å². The molecule has 6 aromatic rings. The molecular weight excluding hydrogens is 479 g/mol. The van der Waals surface area contributed by atoms with Crippen LogP contribution in [0.25, 0.3) is 55.0 Å². The van der Waals surface area contributed by atoms with Crippen molar-refractivity contribution in [3.05, 3.63) is 71.7 Å². The molecule has 0 unspecified atom stereocenters. The predicted octanol–water partition coefficient (Wildman–Crippen LogP) is 7.21. The average Bonchev–Trinajstić information content (AvgIpc) is 3.15. The molecule has 0 aliphatic rings. The van der Waals surface area contributed by atoms with Gasteiger partial charge in [0.15, 0.2) is 0 Å². The van der Waals surface area contributed by atoms with Crippen LogP contribution in [0.2, 0.25) is 17.3 Å². The molecule has 3 heterocycles. The van der Waals surface area contributed by atoms with Crippen molar-refractivity contribution in [2.24, 2.45) is 0 Å². The van der Waals surface area contributed by atoms with Gasteiger partial charge in [-0.2, -0.15) is 0 Å². The third-order valence-electron chi connectivity index (χ3n) is 6.71. The van der Waals surface area contributed by atoms with Crippen LogP contribution in [0.1, 0.15) is 17.1 Å². The minimum atomic E-state index is -1.96. The van der Waals surface area contributed by atoms with Gasteiger partial charge < -0.3 is 0 Å². The topological polar surface area (TPSA) is 51.8 Å². The fourth-order valence-corrected chi connectivity index (χ4v) is 7.57. The van der Waals surface area contributed by atoms with Gasteiger partial charge in [0.05, 0.1) is 0 Å². The summed E-state index contributed by atoms with van der Waals surface area (Å²) in [5.74, 6) is 8.08. The first kappa shape index (κ1) is 21.3. The number of benzene rings is 3. The van der Waals surface area contributed by atoms with E-state index in [1.165, 1.54) is 20.7 Å². The Balaban J connectivity index is 1.70. The Morgan fingerprint density at radius 1 is 0.765 bits per heavy atom. The standard InChI is InChI=1S/C29H27GeN3O/c1-16-14-20(30(4,5)6)15-19-11-13-23-26(32-18(3)33-27(23)25(16)19)24-9-7-8-21-22-12-10-17(2)31-29(22)34-28(21)24/h7-15H,1-6H3. The molecule has 0 aliphatic heterocycles. The molecule has 3 aromatic carbocycles. The van der Waals surface area contributed by atoms with E-state index in [2.05, 4.69) is 77.7 Å². The average molecular weight is 506 g/mol. The molecule has 34 heavy (non-hydrogen) atoms. The van der Waals surface area contributed by atoms with Crippen LogP contribution in [-0.4, -0.2) is 28.2 Å². The first-order valence-electron chi connectivity index (χ1n) is 11.7. The van der Waals surface area contributed by atoms with E-state index in [0.29, 0.717) is 5.71 Å². The normalized spacial score (nSPS) is 12.4. The molecule has 0 aliphatic carbocycles.